The van der Waals surface area contributed by atoms with E-state index in [1.807, 2.05) is 12.1 Å². The van der Waals surface area contributed by atoms with Crippen LogP contribution >= 0.6 is 0 Å². The summed E-state index contributed by atoms with van der Waals surface area (Å²) < 4.78 is 5.26. The Hall–Kier alpha value is -1.39. The van der Waals surface area contributed by atoms with Crippen molar-refractivity contribution in [1.29, 1.82) is 0 Å². The topological polar surface area (TPSA) is 58.6 Å². The molecule has 1 aromatic rings. The first kappa shape index (κ1) is 9.81. The molecule has 2 aliphatic rings. The molecule has 1 saturated heterocycles. The lowest BCUT2D eigenvalue weighted by molar-refractivity contribution is -0.139. The zero-order valence-electron chi connectivity index (χ0n) is 8.77. The second kappa shape index (κ2) is 3.30. The monoisotopic (exact) mass is 219 g/mol. The standard InChI is InChI=1S/C12H13NO3/c14-11-12(15,8-5-6-16-7-8)9-3-1-2-4-10(9)13-11/h1-4,8,15H,5-7H2,(H,13,14). The number of hydrogen-bond donors (Lipinski definition) is 2. The number of benzene rings is 1. The Morgan fingerprint density at radius 1 is 1.44 bits per heavy atom. The van der Waals surface area contributed by atoms with Gasteiger partial charge in [0.1, 0.15) is 0 Å². The summed E-state index contributed by atoms with van der Waals surface area (Å²) in [4.78, 5) is 11.9. The number of anilines is 1. The minimum absolute atomic E-state index is 0.142. The molecule has 4 heteroatoms. The zero-order valence-corrected chi connectivity index (χ0v) is 8.77. The number of carbonyl (C=O) groups excluding carboxylic acids is 1. The third-order valence-electron chi connectivity index (χ3n) is 3.45. The molecule has 2 aliphatic heterocycles. The number of carbonyl (C=O) groups is 1. The molecule has 2 N–H and O–H groups in total. The summed E-state index contributed by atoms with van der Waals surface area (Å²) in [6.45, 7) is 1.06. The van der Waals surface area contributed by atoms with E-state index in [0.717, 1.165) is 6.42 Å². The van der Waals surface area contributed by atoms with Gasteiger partial charge >= 0.3 is 0 Å². The van der Waals surface area contributed by atoms with Gasteiger partial charge in [0.25, 0.3) is 5.91 Å². The number of para-hydroxylation sites is 1. The molecule has 2 atom stereocenters. The Morgan fingerprint density at radius 2 is 2.25 bits per heavy atom. The van der Waals surface area contributed by atoms with Crippen molar-refractivity contribution < 1.29 is 14.6 Å². The van der Waals surface area contributed by atoms with E-state index < -0.39 is 5.60 Å². The van der Waals surface area contributed by atoms with Crippen molar-refractivity contribution in [3.8, 4) is 0 Å². The van der Waals surface area contributed by atoms with Crippen molar-refractivity contribution in [3.63, 3.8) is 0 Å². The highest BCUT2D eigenvalue weighted by Crippen LogP contribution is 2.43. The SMILES string of the molecule is O=C1Nc2ccccc2C1(O)C1CCOC1. The predicted molar refractivity (Wildman–Crippen MR) is 57.9 cm³/mol. The van der Waals surface area contributed by atoms with Gasteiger partial charge in [-0.1, -0.05) is 18.2 Å². The summed E-state index contributed by atoms with van der Waals surface area (Å²) in [6.07, 6.45) is 0.720. The molecular formula is C12H13NO3. The maximum Gasteiger partial charge on any atom is 0.261 e. The fourth-order valence-electron chi connectivity index (χ4n) is 2.53. The molecule has 1 aromatic carbocycles. The number of hydrogen-bond acceptors (Lipinski definition) is 3. The predicted octanol–water partition coefficient (Wildman–Crippen LogP) is 0.863. The van der Waals surface area contributed by atoms with E-state index in [1.165, 1.54) is 0 Å². The van der Waals surface area contributed by atoms with Crippen molar-refractivity contribution in [2.45, 2.75) is 12.0 Å². The number of amides is 1. The maximum absolute atomic E-state index is 11.9. The van der Waals surface area contributed by atoms with Crippen LogP contribution in [0.15, 0.2) is 24.3 Å². The average Bonchev–Trinajstić information content (AvgIpc) is 2.89. The van der Waals surface area contributed by atoms with Gasteiger partial charge in [-0.15, -0.1) is 0 Å². The Bertz CT molecular complexity index is 440. The van der Waals surface area contributed by atoms with Crippen molar-refractivity contribution >= 4 is 11.6 Å². The number of rotatable bonds is 1. The molecule has 3 rings (SSSR count). The molecular weight excluding hydrogens is 206 g/mol. The molecule has 4 nitrogen and oxygen atoms in total. The second-order valence-corrected chi connectivity index (χ2v) is 4.33. The van der Waals surface area contributed by atoms with Gasteiger partial charge < -0.3 is 15.2 Å². The first-order valence-electron chi connectivity index (χ1n) is 5.44. The van der Waals surface area contributed by atoms with Crippen LogP contribution in [0.3, 0.4) is 0 Å². The lowest BCUT2D eigenvalue weighted by Crippen LogP contribution is -2.42. The van der Waals surface area contributed by atoms with Crippen molar-refractivity contribution in [1.82, 2.24) is 0 Å². The van der Waals surface area contributed by atoms with Gasteiger partial charge in [0.2, 0.25) is 0 Å². The summed E-state index contributed by atoms with van der Waals surface area (Å²) in [5.41, 5.74) is -0.0231. The number of nitrogens with one attached hydrogen (secondary N) is 1. The quantitative estimate of drug-likeness (QED) is 0.736. The molecule has 0 aliphatic carbocycles. The molecule has 2 heterocycles. The molecule has 0 saturated carbocycles. The van der Waals surface area contributed by atoms with Gasteiger partial charge in [-0.05, 0) is 12.5 Å². The van der Waals surface area contributed by atoms with Gasteiger partial charge in [-0.25, -0.2) is 0 Å². The highest BCUT2D eigenvalue weighted by molar-refractivity contribution is 6.05. The van der Waals surface area contributed by atoms with E-state index in [0.29, 0.717) is 24.5 Å². The van der Waals surface area contributed by atoms with Gasteiger partial charge in [-0.2, -0.15) is 0 Å². The first-order chi connectivity index (χ1) is 7.73. The fraction of sp³-hybridized carbons (Fsp3) is 0.417. The molecule has 16 heavy (non-hydrogen) atoms. The molecule has 0 bridgehead atoms. The maximum atomic E-state index is 11.9. The third kappa shape index (κ3) is 1.14. The Labute approximate surface area is 93.2 Å². The summed E-state index contributed by atoms with van der Waals surface area (Å²) in [7, 11) is 0. The van der Waals surface area contributed by atoms with Crippen molar-refractivity contribution in [3.05, 3.63) is 29.8 Å². The number of fused-ring (bicyclic) bond motifs is 1. The Kier molecular flexibility index (Phi) is 2.02. The Morgan fingerprint density at radius 3 is 3.00 bits per heavy atom. The minimum Gasteiger partial charge on any atom is -0.381 e. The molecule has 2 unspecified atom stereocenters. The Balaban J connectivity index is 2.09. The van der Waals surface area contributed by atoms with Crippen LogP contribution in [0.5, 0.6) is 0 Å². The van der Waals surface area contributed by atoms with Gasteiger partial charge in [0.05, 0.1) is 6.61 Å². The van der Waals surface area contributed by atoms with Gasteiger partial charge in [0, 0.05) is 23.8 Å². The van der Waals surface area contributed by atoms with Crippen LogP contribution in [-0.4, -0.2) is 24.2 Å². The van der Waals surface area contributed by atoms with Crippen LogP contribution in [0.2, 0.25) is 0 Å². The second-order valence-electron chi connectivity index (χ2n) is 4.33. The summed E-state index contributed by atoms with van der Waals surface area (Å²) in [5, 5.41) is 13.3. The van der Waals surface area contributed by atoms with E-state index >= 15 is 0 Å². The van der Waals surface area contributed by atoms with E-state index in [1.54, 1.807) is 12.1 Å². The van der Waals surface area contributed by atoms with Gasteiger partial charge in [-0.3, -0.25) is 4.79 Å². The third-order valence-corrected chi connectivity index (χ3v) is 3.45. The lowest BCUT2D eigenvalue weighted by Gasteiger charge is -2.26. The fourth-order valence-corrected chi connectivity index (χ4v) is 2.53. The van der Waals surface area contributed by atoms with Gasteiger partial charge in [0.15, 0.2) is 5.60 Å². The largest absolute Gasteiger partial charge is 0.381 e. The molecule has 0 radical (unpaired) electrons. The summed E-state index contributed by atoms with van der Waals surface area (Å²) in [5.74, 6) is -0.472. The number of ether oxygens (including phenoxy) is 1. The van der Waals surface area contributed by atoms with E-state index in [4.69, 9.17) is 4.74 Å². The first-order valence-corrected chi connectivity index (χ1v) is 5.44. The van der Waals surface area contributed by atoms with E-state index in [-0.39, 0.29) is 11.8 Å². The van der Waals surface area contributed by atoms with Crippen LogP contribution in [-0.2, 0) is 15.1 Å². The lowest BCUT2D eigenvalue weighted by atomic mass is 9.82. The summed E-state index contributed by atoms with van der Waals surface area (Å²) in [6, 6.07) is 7.28. The van der Waals surface area contributed by atoms with Crippen LogP contribution < -0.4 is 5.32 Å². The van der Waals surface area contributed by atoms with Crippen molar-refractivity contribution in [2.75, 3.05) is 18.5 Å². The van der Waals surface area contributed by atoms with Crippen LogP contribution in [0.25, 0.3) is 0 Å². The highest BCUT2D eigenvalue weighted by Gasteiger charge is 2.51. The number of aliphatic hydroxyl groups is 1. The molecule has 0 aromatic heterocycles. The van der Waals surface area contributed by atoms with E-state index in [2.05, 4.69) is 5.32 Å². The van der Waals surface area contributed by atoms with Crippen molar-refractivity contribution in [2.24, 2.45) is 5.92 Å². The van der Waals surface area contributed by atoms with Crippen LogP contribution in [0.4, 0.5) is 5.69 Å². The normalized spacial score (nSPS) is 32.6. The van der Waals surface area contributed by atoms with Crippen LogP contribution in [0.1, 0.15) is 12.0 Å². The molecule has 84 valence electrons. The highest BCUT2D eigenvalue weighted by atomic mass is 16.5. The summed E-state index contributed by atoms with van der Waals surface area (Å²) >= 11 is 0. The van der Waals surface area contributed by atoms with Crippen LogP contribution in [0, 0.1) is 5.92 Å². The average molecular weight is 219 g/mol. The molecule has 0 spiro atoms. The van der Waals surface area contributed by atoms with E-state index in [9.17, 15) is 9.90 Å². The zero-order chi connectivity index (χ0) is 11.2. The minimum atomic E-state index is -1.41. The molecule has 1 fully saturated rings. The molecule has 1 amide bonds. The smallest absolute Gasteiger partial charge is 0.261 e.